The molecule has 7 heteroatoms. The predicted octanol–water partition coefficient (Wildman–Crippen LogP) is 3.16. The first-order valence-electron chi connectivity index (χ1n) is 9.22. The predicted molar refractivity (Wildman–Crippen MR) is 100 cm³/mol. The van der Waals surface area contributed by atoms with Gasteiger partial charge in [0.25, 0.3) is 5.91 Å². The second-order valence-electron chi connectivity index (χ2n) is 6.98. The third kappa shape index (κ3) is 3.32. The third-order valence-electron chi connectivity index (χ3n) is 4.83. The summed E-state index contributed by atoms with van der Waals surface area (Å²) in [6.07, 6.45) is 10.2. The van der Waals surface area contributed by atoms with Gasteiger partial charge < -0.3 is 4.90 Å². The van der Waals surface area contributed by atoms with E-state index in [1.807, 2.05) is 33.9 Å². The van der Waals surface area contributed by atoms with Gasteiger partial charge in [-0.15, -0.1) is 0 Å². The van der Waals surface area contributed by atoms with Crippen molar-refractivity contribution in [2.45, 2.75) is 38.6 Å². The summed E-state index contributed by atoms with van der Waals surface area (Å²) in [5, 5.41) is 0. The molecule has 1 fully saturated rings. The van der Waals surface area contributed by atoms with Gasteiger partial charge >= 0.3 is 0 Å². The molecule has 138 valence electrons. The van der Waals surface area contributed by atoms with Gasteiger partial charge in [0.05, 0.1) is 17.9 Å². The summed E-state index contributed by atoms with van der Waals surface area (Å²) in [7, 11) is 0. The molecule has 4 rings (SSSR count). The Kier molecular flexibility index (Phi) is 4.66. The van der Waals surface area contributed by atoms with E-state index in [1.165, 1.54) is 6.20 Å². The Hall–Kier alpha value is -3.09. The summed E-state index contributed by atoms with van der Waals surface area (Å²) >= 11 is 0. The van der Waals surface area contributed by atoms with Gasteiger partial charge in [-0.2, -0.15) is 0 Å². The minimum atomic E-state index is -0.0942. The van der Waals surface area contributed by atoms with E-state index in [1.54, 1.807) is 18.6 Å². The molecule has 3 aromatic heterocycles. The van der Waals surface area contributed by atoms with Crippen molar-refractivity contribution in [1.29, 1.82) is 0 Å². The highest BCUT2D eigenvalue weighted by Gasteiger charge is 2.32. The topological polar surface area (TPSA) is 76.8 Å². The molecule has 0 radical (unpaired) electrons. The average molecular weight is 362 g/mol. The molecule has 7 nitrogen and oxygen atoms in total. The van der Waals surface area contributed by atoms with Crippen LogP contribution in [0.5, 0.6) is 0 Å². The Morgan fingerprint density at radius 2 is 2.07 bits per heavy atom. The Morgan fingerprint density at radius 1 is 1.19 bits per heavy atom. The number of imidazole rings is 1. The molecule has 0 saturated carbocycles. The van der Waals surface area contributed by atoms with E-state index < -0.39 is 0 Å². The second kappa shape index (κ2) is 7.26. The van der Waals surface area contributed by atoms with Gasteiger partial charge in [0.2, 0.25) is 0 Å². The molecule has 1 unspecified atom stereocenters. The van der Waals surface area contributed by atoms with Crippen LogP contribution in [0.25, 0.3) is 5.82 Å². The zero-order valence-electron chi connectivity index (χ0n) is 15.5. The molecule has 1 aliphatic rings. The van der Waals surface area contributed by atoms with E-state index in [0.29, 0.717) is 18.2 Å². The highest BCUT2D eigenvalue weighted by molar-refractivity contribution is 5.92. The Labute approximate surface area is 158 Å². The van der Waals surface area contributed by atoms with Crippen LogP contribution >= 0.6 is 0 Å². The first-order valence-corrected chi connectivity index (χ1v) is 9.22. The lowest BCUT2D eigenvalue weighted by molar-refractivity contribution is 0.0726. The highest BCUT2D eigenvalue weighted by Crippen LogP contribution is 2.32. The molecule has 0 aromatic carbocycles. The smallest absolute Gasteiger partial charge is 0.274 e. The molecule has 3 aromatic rings. The van der Waals surface area contributed by atoms with Crippen molar-refractivity contribution in [3.63, 3.8) is 0 Å². The minimum Gasteiger partial charge on any atom is -0.329 e. The largest absolute Gasteiger partial charge is 0.329 e. The number of carbonyl (C=O) groups excluding carboxylic acids is 1. The summed E-state index contributed by atoms with van der Waals surface area (Å²) in [5.74, 6) is 2.00. The maximum atomic E-state index is 12.9. The number of carbonyl (C=O) groups is 1. The van der Waals surface area contributed by atoms with Crippen LogP contribution in [0.1, 0.15) is 60.7 Å². The first-order chi connectivity index (χ1) is 13.1. The summed E-state index contributed by atoms with van der Waals surface area (Å²) in [6.45, 7) is 4.93. The molecule has 1 saturated heterocycles. The monoisotopic (exact) mass is 362 g/mol. The normalized spacial score (nSPS) is 16.9. The van der Waals surface area contributed by atoms with Gasteiger partial charge in [0.1, 0.15) is 17.3 Å². The molecule has 1 aliphatic heterocycles. The zero-order chi connectivity index (χ0) is 18.8. The number of pyridine rings is 1. The lowest BCUT2D eigenvalue weighted by atomic mass is 10.1. The number of nitrogens with zero attached hydrogens (tertiary/aromatic N) is 6. The molecule has 0 aliphatic carbocycles. The fourth-order valence-corrected chi connectivity index (χ4v) is 3.57. The summed E-state index contributed by atoms with van der Waals surface area (Å²) < 4.78 is 2.01. The maximum absolute atomic E-state index is 12.9. The number of likely N-dealkylation sites (tertiary alicyclic amines) is 1. The number of hydrogen-bond acceptors (Lipinski definition) is 5. The summed E-state index contributed by atoms with van der Waals surface area (Å²) in [5.41, 5.74) is 1.27. The van der Waals surface area contributed by atoms with Crippen molar-refractivity contribution in [3.8, 4) is 5.82 Å². The van der Waals surface area contributed by atoms with Crippen molar-refractivity contribution in [1.82, 2.24) is 29.4 Å². The van der Waals surface area contributed by atoms with Gasteiger partial charge in [-0.05, 0) is 25.0 Å². The summed E-state index contributed by atoms with van der Waals surface area (Å²) in [4.78, 5) is 32.2. The van der Waals surface area contributed by atoms with Crippen LogP contribution in [0.3, 0.4) is 0 Å². The van der Waals surface area contributed by atoms with Gasteiger partial charge in [-0.1, -0.05) is 19.9 Å². The Balaban J connectivity index is 1.65. The third-order valence-corrected chi connectivity index (χ3v) is 4.83. The van der Waals surface area contributed by atoms with Gasteiger partial charge in [0, 0.05) is 37.3 Å². The minimum absolute atomic E-state index is 0.0505. The van der Waals surface area contributed by atoms with Crippen LogP contribution in [-0.4, -0.2) is 41.9 Å². The van der Waals surface area contributed by atoms with Crippen LogP contribution in [0.4, 0.5) is 0 Å². The molecule has 1 amide bonds. The Bertz CT molecular complexity index is 936. The molecule has 0 N–H and O–H groups in total. The van der Waals surface area contributed by atoms with E-state index in [-0.39, 0.29) is 11.9 Å². The van der Waals surface area contributed by atoms with Crippen LogP contribution in [-0.2, 0) is 0 Å². The molecule has 27 heavy (non-hydrogen) atoms. The number of amides is 1. The molecule has 0 spiro atoms. The van der Waals surface area contributed by atoms with Crippen molar-refractivity contribution in [2.75, 3.05) is 6.54 Å². The van der Waals surface area contributed by atoms with Crippen LogP contribution < -0.4 is 0 Å². The first kappa shape index (κ1) is 17.3. The zero-order valence-corrected chi connectivity index (χ0v) is 15.5. The number of rotatable bonds is 4. The van der Waals surface area contributed by atoms with E-state index >= 15 is 0 Å². The van der Waals surface area contributed by atoms with Crippen molar-refractivity contribution >= 4 is 5.91 Å². The van der Waals surface area contributed by atoms with Gasteiger partial charge in [-0.3, -0.25) is 14.3 Å². The fraction of sp³-hybridized carbons (Fsp3) is 0.350. The van der Waals surface area contributed by atoms with Crippen molar-refractivity contribution < 1.29 is 4.79 Å². The lowest BCUT2D eigenvalue weighted by Crippen LogP contribution is -2.31. The second-order valence-corrected chi connectivity index (χ2v) is 6.98. The van der Waals surface area contributed by atoms with Crippen LogP contribution in [0.2, 0.25) is 0 Å². The fourth-order valence-electron chi connectivity index (χ4n) is 3.57. The summed E-state index contributed by atoms with van der Waals surface area (Å²) in [6, 6.07) is 5.90. The van der Waals surface area contributed by atoms with Gasteiger partial charge in [-0.25, -0.2) is 15.0 Å². The number of aromatic nitrogens is 5. The van der Waals surface area contributed by atoms with Crippen molar-refractivity contribution in [3.05, 3.63) is 66.4 Å². The quantitative estimate of drug-likeness (QED) is 0.712. The maximum Gasteiger partial charge on any atom is 0.274 e. The molecule has 0 bridgehead atoms. The standard InChI is InChI=1S/C20H22N6O/c1-14(2)19-23-10-12-26(19)18-7-3-5-15(24-18)17-6-4-11-25(17)20(27)16-13-21-8-9-22-16/h3,5,7-10,12-14,17H,4,6,11H2,1-2H3. The SMILES string of the molecule is CC(C)c1nccn1-c1cccc(C2CCCN2C(=O)c2cnccn2)n1. The molecular formula is C20H22N6O. The highest BCUT2D eigenvalue weighted by atomic mass is 16.2. The number of hydrogen-bond donors (Lipinski definition) is 0. The molecule has 1 atom stereocenters. The molecular weight excluding hydrogens is 340 g/mol. The van der Waals surface area contributed by atoms with E-state index in [0.717, 1.165) is 30.2 Å². The van der Waals surface area contributed by atoms with Crippen LogP contribution in [0.15, 0.2) is 49.2 Å². The average Bonchev–Trinajstić information content (AvgIpc) is 3.38. The van der Waals surface area contributed by atoms with E-state index in [2.05, 4.69) is 28.8 Å². The van der Waals surface area contributed by atoms with E-state index in [4.69, 9.17) is 4.98 Å². The van der Waals surface area contributed by atoms with Crippen LogP contribution in [0, 0.1) is 0 Å². The van der Waals surface area contributed by atoms with E-state index in [9.17, 15) is 4.79 Å². The lowest BCUT2D eigenvalue weighted by Gasteiger charge is -2.24. The molecule has 4 heterocycles. The van der Waals surface area contributed by atoms with Gasteiger partial charge in [0.15, 0.2) is 0 Å². The Morgan fingerprint density at radius 3 is 2.85 bits per heavy atom. The van der Waals surface area contributed by atoms with Crippen molar-refractivity contribution in [2.24, 2.45) is 0 Å².